The smallest absolute Gasteiger partial charge is 0.327 e. The highest BCUT2D eigenvalue weighted by atomic mass is 32.2. The fraction of sp³-hybridized carbons (Fsp3) is 0.429. The molecule has 40 heavy (non-hydrogen) atoms. The standard InChI is InChI=1S/C28H32N2O8S2/c31-21-11-7-5-9-17(21)25-29(19(15-39-25)27(35)36)23(33)13-3-1-2-4-14-24(34)30-20(28(37)38)16-40-26(30)18-10-6-8-12-22(18)32/h5-12,19-20,25-26,31-32H,1-4,13-16H2,(H,35,36)(H,37,38)/t19-,20-,25?,26?/m0/s1. The van der Waals surface area contributed by atoms with Gasteiger partial charge in [-0.05, 0) is 25.0 Å². The number of para-hydroxylation sites is 2. The molecule has 0 spiro atoms. The van der Waals surface area contributed by atoms with E-state index in [1.165, 1.54) is 45.5 Å². The molecule has 2 unspecified atom stereocenters. The predicted octanol–water partition coefficient (Wildman–Crippen LogP) is 4.19. The molecule has 2 aromatic rings. The van der Waals surface area contributed by atoms with Crippen molar-refractivity contribution in [2.45, 2.75) is 61.4 Å². The number of thioether (sulfide) groups is 2. The van der Waals surface area contributed by atoms with Crippen LogP contribution < -0.4 is 0 Å². The summed E-state index contributed by atoms with van der Waals surface area (Å²) < 4.78 is 0. The molecule has 0 radical (unpaired) electrons. The zero-order valence-corrected chi connectivity index (χ0v) is 23.4. The fourth-order valence-corrected chi connectivity index (χ4v) is 7.98. The van der Waals surface area contributed by atoms with Gasteiger partial charge in [-0.15, -0.1) is 23.5 Å². The highest BCUT2D eigenvalue weighted by Crippen LogP contribution is 2.46. The van der Waals surface area contributed by atoms with Gasteiger partial charge in [0.05, 0.1) is 0 Å². The average Bonchev–Trinajstić information content (AvgIpc) is 3.56. The second-order valence-electron chi connectivity index (χ2n) is 9.71. The zero-order valence-electron chi connectivity index (χ0n) is 21.7. The third-order valence-electron chi connectivity index (χ3n) is 7.08. The monoisotopic (exact) mass is 588 g/mol. The molecule has 2 aliphatic heterocycles. The SMILES string of the molecule is O=C(O)[C@@H]1CSC(c2ccccc2O)N1C(=O)CCCCCCC(=O)N1C(c2ccccc2O)SC[C@H]1C(=O)O. The van der Waals surface area contributed by atoms with Gasteiger partial charge in [0.2, 0.25) is 11.8 Å². The normalized spacial score (nSPS) is 22.4. The first kappa shape index (κ1) is 29.6. The summed E-state index contributed by atoms with van der Waals surface area (Å²) >= 11 is 2.62. The molecular weight excluding hydrogens is 556 g/mol. The second kappa shape index (κ2) is 13.3. The van der Waals surface area contributed by atoms with E-state index in [0.717, 1.165) is 0 Å². The van der Waals surface area contributed by atoms with Gasteiger partial charge >= 0.3 is 11.9 Å². The molecule has 2 amide bonds. The molecule has 2 saturated heterocycles. The summed E-state index contributed by atoms with van der Waals surface area (Å²) in [6, 6.07) is 11.2. The Kier molecular flexibility index (Phi) is 9.85. The molecule has 10 nitrogen and oxygen atoms in total. The highest BCUT2D eigenvalue weighted by Gasteiger charge is 2.44. The van der Waals surface area contributed by atoms with Crippen LogP contribution in [0.3, 0.4) is 0 Å². The van der Waals surface area contributed by atoms with E-state index in [0.29, 0.717) is 36.8 Å². The number of benzene rings is 2. The summed E-state index contributed by atoms with van der Waals surface area (Å²) in [5.41, 5.74) is 1.01. The van der Waals surface area contributed by atoms with Crippen LogP contribution in [0.4, 0.5) is 0 Å². The minimum atomic E-state index is -1.08. The van der Waals surface area contributed by atoms with Gasteiger partial charge in [-0.25, -0.2) is 9.59 Å². The zero-order chi connectivity index (χ0) is 28.8. The topological polar surface area (TPSA) is 156 Å². The van der Waals surface area contributed by atoms with Crippen molar-refractivity contribution >= 4 is 47.3 Å². The largest absolute Gasteiger partial charge is 0.508 e. The van der Waals surface area contributed by atoms with Gasteiger partial charge in [-0.3, -0.25) is 9.59 Å². The van der Waals surface area contributed by atoms with E-state index >= 15 is 0 Å². The number of hydrogen-bond acceptors (Lipinski definition) is 8. The van der Waals surface area contributed by atoms with Gasteiger partial charge in [0.1, 0.15) is 34.3 Å². The molecule has 0 saturated carbocycles. The van der Waals surface area contributed by atoms with Crippen molar-refractivity contribution < 1.29 is 39.6 Å². The molecule has 4 atom stereocenters. The van der Waals surface area contributed by atoms with E-state index < -0.39 is 34.8 Å². The summed E-state index contributed by atoms with van der Waals surface area (Å²) in [4.78, 5) is 52.5. The van der Waals surface area contributed by atoms with Crippen molar-refractivity contribution in [2.24, 2.45) is 0 Å². The molecule has 2 aliphatic rings. The fourth-order valence-electron chi connectivity index (χ4n) is 5.04. The summed E-state index contributed by atoms with van der Waals surface area (Å²) in [7, 11) is 0. The maximum Gasteiger partial charge on any atom is 0.327 e. The third-order valence-corrected chi connectivity index (χ3v) is 9.69. The predicted molar refractivity (Wildman–Crippen MR) is 151 cm³/mol. The number of amides is 2. The van der Waals surface area contributed by atoms with Gasteiger partial charge < -0.3 is 30.2 Å². The van der Waals surface area contributed by atoms with Crippen molar-refractivity contribution in [1.29, 1.82) is 0 Å². The maximum absolute atomic E-state index is 13.1. The number of aliphatic carboxylic acids is 2. The van der Waals surface area contributed by atoms with E-state index in [1.807, 2.05) is 0 Å². The molecule has 2 heterocycles. The molecule has 4 rings (SSSR count). The second-order valence-corrected chi connectivity index (χ2v) is 11.9. The molecule has 214 valence electrons. The van der Waals surface area contributed by atoms with E-state index in [9.17, 15) is 39.6 Å². The first-order valence-corrected chi connectivity index (χ1v) is 15.2. The minimum absolute atomic E-state index is 0.0137. The average molecular weight is 589 g/mol. The molecule has 12 heteroatoms. The summed E-state index contributed by atoms with van der Waals surface area (Å²) in [5, 5.41) is 38.7. The molecule has 2 aromatic carbocycles. The van der Waals surface area contributed by atoms with E-state index in [1.54, 1.807) is 36.4 Å². The Bertz CT molecular complexity index is 1160. The molecule has 0 bridgehead atoms. The van der Waals surface area contributed by atoms with Crippen molar-refractivity contribution in [2.75, 3.05) is 11.5 Å². The summed E-state index contributed by atoms with van der Waals surface area (Å²) in [6.45, 7) is 0. The third kappa shape index (κ3) is 6.49. The van der Waals surface area contributed by atoms with E-state index in [4.69, 9.17) is 0 Å². The Morgan fingerprint density at radius 1 is 0.650 bits per heavy atom. The van der Waals surface area contributed by atoms with Crippen LogP contribution in [0, 0.1) is 0 Å². The molecule has 2 fully saturated rings. The number of carboxylic acids is 2. The molecule has 0 aliphatic carbocycles. The minimum Gasteiger partial charge on any atom is -0.508 e. The van der Waals surface area contributed by atoms with Gasteiger partial charge in [0, 0.05) is 35.5 Å². The lowest BCUT2D eigenvalue weighted by Crippen LogP contribution is -2.43. The van der Waals surface area contributed by atoms with Crippen molar-refractivity contribution in [1.82, 2.24) is 9.80 Å². The first-order chi connectivity index (χ1) is 19.2. The van der Waals surface area contributed by atoms with Crippen LogP contribution in [-0.2, 0) is 19.2 Å². The van der Waals surface area contributed by atoms with Crippen LogP contribution in [0.25, 0.3) is 0 Å². The van der Waals surface area contributed by atoms with E-state index in [-0.39, 0.29) is 47.7 Å². The quantitative estimate of drug-likeness (QED) is 0.281. The number of carbonyl (C=O) groups is 4. The van der Waals surface area contributed by atoms with Crippen LogP contribution in [-0.4, -0.2) is 77.6 Å². The lowest BCUT2D eigenvalue weighted by atomic mass is 10.1. The van der Waals surface area contributed by atoms with Crippen LogP contribution in [0.2, 0.25) is 0 Å². The highest BCUT2D eigenvalue weighted by molar-refractivity contribution is 8.00. The number of phenols is 2. The van der Waals surface area contributed by atoms with Crippen molar-refractivity contribution in [3.8, 4) is 11.5 Å². The molecule has 4 N–H and O–H groups in total. The van der Waals surface area contributed by atoms with E-state index in [2.05, 4.69) is 0 Å². The van der Waals surface area contributed by atoms with Crippen LogP contribution in [0.1, 0.15) is 60.4 Å². The van der Waals surface area contributed by atoms with Crippen molar-refractivity contribution in [3.63, 3.8) is 0 Å². The lowest BCUT2D eigenvalue weighted by Gasteiger charge is -2.28. The first-order valence-electron chi connectivity index (χ1n) is 13.1. The number of rotatable bonds is 11. The van der Waals surface area contributed by atoms with Gasteiger partial charge in [-0.2, -0.15) is 0 Å². The number of phenolic OH excluding ortho intramolecular Hbond substituents is 2. The molecular formula is C28H32N2O8S2. The summed E-state index contributed by atoms with van der Waals surface area (Å²) in [5.74, 6) is -2.28. The molecule has 0 aromatic heterocycles. The number of nitrogens with zero attached hydrogens (tertiary/aromatic N) is 2. The Balaban J connectivity index is 1.29. The van der Waals surface area contributed by atoms with Gasteiger partial charge in [-0.1, -0.05) is 49.2 Å². The number of unbranched alkanes of at least 4 members (excludes halogenated alkanes) is 3. The van der Waals surface area contributed by atoms with Crippen LogP contribution >= 0.6 is 23.5 Å². The Hall–Kier alpha value is -3.38. The lowest BCUT2D eigenvalue weighted by molar-refractivity contribution is -0.149. The number of carbonyl (C=O) groups excluding carboxylic acids is 2. The number of carboxylic acid groups (broad SMARTS) is 2. The summed E-state index contributed by atoms with van der Waals surface area (Å²) in [6.07, 6.45) is 2.57. The number of hydrogen-bond donors (Lipinski definition) is 4. The van der Waals surface area contributed by atoms with Crippen LogP contribution in [0.5, 0.6) is 11.5 Å². The maximum atomic E-state index is 13.1. The Morgan fingerprint density at radius 3 is 1.38 bits per heavy atom. The van der Waals surface area contributed by atoms with Gasteiger partial charge in [0.15, 0.2) is 0 Å². The van der Waals surface area contributed by atoms with Crippen molar-refractivity contribution in [3.05, 3.63) is 59.7 Å². The van der Waals surface area contributed by atoms with Crippen LogP contribution in [0.15, 0.2) is 48.5 Å². The number of aromatic hydroxyl groups is 2. The Labute approximate surface area is 240 Å². The van der Waals surface area contributed by atoms with Gasteiger partial charge in [0.25, 0.3) is 0 Å². The Morgan fingerprint density at radius 2 is 1.02 bits per heavy atom.